The van der Waals surface area contributed by atoms with Gasteiger partial charge in [0.15, 0.2) is 0 Å². The molecule has 1 N–H and O–H groups in total. The smallest absolute Gasteiger partial charge is 0.416 e. The Labute approximate surface area is 139 Å². The van der Waals surface area contributed by atoms with Crippen LogP contribution in [0.25, 0.3) is 0 Å². The number of benzene rings is 1. The summed E-state index contributed by atoms with van der Waals surface area (Å²) in [5.41, 5.74) is 0.421. The van der Waals surface area contributed by atoms with Crippen LogP contribution in [0.2, 0.25) is 0 Å². The second kappa shape index (κ2) is 5.76. The number of alkyl halides is 3. The van der Waals surface area contributed by atoms with Gasteiger partial charge >= 0.3 is 18.2 Å². The van der Waals surface area contributed by atoms with Crippen LogP contribution in [0.5, 0.6) is 0 Å². The third kappa shape index (κ3) is 3.12. The Morgan fingerprint density at radius 2 is 1.72 bits per heavy atom. The van der Waals surface area contributed by atoms with Gasteiger partial charge in [-0.2, -0.15) is 13.2 Å². The van der Waals surface area contributed by atoms with Gasteiger partial charge in [-0.1, -0.05) is 12.1 Å². The molecule has 1 aliphatic rings. The van der Waals surface area contributed by atoms with Crippen LogP contribution in [-0.4, -0.2) is 39.0 Å². The van der Waals surface area contributed by atoms with Crippen LogP contribution >= 0.6 is 0 Å². The molecule has 1 aromatic heterocycles. The van der Waals surface area contributed by atoms with E-state index in [0.717, 1.165) is 16.7 Å². The van der Waals surface area contributed by atoms with E-state index in [9.17, 15) is 27.6 Å². The molecule has 0 saturated heterocycles. The fraction of sp³-hybridized carbons (Fsp3) is 0.188. The SMILES string of the molecule is O=C(O)CN1C(=O)c2cc(Cc3ccc(C(F)(F)F)cc3)cn2C1=O. The zero-order valence-electron chi connectivity index (χ0n) is 12.6. The van der Waals surface area contributed by atoms with Crippen molar-refractivity contribution in [2.45, 2.75) is 12.6 Å². The molecule has 25 heavy (non-hydrogen) atoms. The summed E-state index contributed by atoms with van der Waals surface area (Å²) < 4.78 is 38.7. The monoisotopic (exact) mass is 352 g/mol. The van der Waals surface area contributed by atoms with Crippen molar-refractivity contribution < 1.29 is 32.7 Å². The molecule has 1 aromatic carbocycles. The maximum atomic E-state index is 12.5. The lowest BCUT2D eigenvalue weighted by Crippen LogP contribution is -2.35. The predicted octanol–water partition coefficient (Wildman–Crippen LogP) is 2.61. The van der Waals surface area contributed by atoms with Crippen molar-refractivity contribution in [1.29, 1.82) is 0 Å². The maximum Gasteiger partial charge on any atom is 0.416 e. The molecule has 2 heterocycles. The van der Waals surface area contributed by atoms with E-state index < -0.39 is 36.2 Å². The summed E-state index contributed by atoms with van der Waals surface area (Å²) in [6.45, 7) is -0.729. The summed E-state index contributed by atoms with van der Waals surface area (Å²) in [6.07, 6.45) is -2.80. The Morgan fingerprint density at radius 1 is 1.08 bits per heavy atom. The van der Waals surface area contributed by atoms with Crippen molar-refractivity contribution in [2.24, 2.45) is 0 Å². The van der Waals surface area contributed by atoms with Crippen molar-refractivity contribution in [2.75, 3.05) is 6.54 Å². The predicted molar refractivity (Wildman–Crippen MR) is 78.1 cm³/mol. The lowest BCUT2D eigenvalue weighted by Gasteiger charge is -2.10. The standard InChI is InChI=1S/C16H11F3N2O4/c17-16(18,19)11-3-1-9(2-4-11)5-10-6-12-14(24)21(8-13(22)23)15(25)20(12)7-10/h1-4,6-7H,5,8H2,(H,22,23). The first-order valence-electron chi connectivity index (χ1n) is 7.12. The third-order valence-corrected chi connectivity index (χ3v) is 3.76. The summed E-state index contributed by atoms with van der Waals surface area (Å²) in [5.74, 6) is -2.02. The summed E-state index contributed by atoms with van der Waals surface area (Å²) in [5, 5.41) is 8.72. The van der Waals surface area contributed by atoms with Gasteiger partial charge in [-0.3, -0.25) is 14.2 Å². The first-order valence-corrected chi connectivity index (χ1v) is 7.12. The number of fused-ring (bicyclic) bond motifs is 1. The molecule has 0 fully saturated rings. The van der Waals surface area contributed by atoms with E-state index in [4.69, 9.17) is 5.11 Å². The number of nitrogens with zero attached hydrogens (tertiary/aromatic N) is 2. The highest BCUT2D eigenvalue weighted by Crippen LogP contribution is 2.29. The second-order valence-electron chi connectivity index (χ2n) is 5.54. The number of aliphatic carboxylic acids is 1. The minimum absolute atomic E-state index is 0.0353. The van der Waals surface area contributed by atoms with E-state index in [1.54, 1.807) is 0 Å². The van der Waals surface area contributed by atoms with E-state index in [2.05, 4.69) is 0 Å². The fourth-order valence-corrected chi connectivity index (χ4v) is 2.61. The fourth-order valence-electron chi connectivity index (χ4n) is 2.61. The molecular formula is C16H11F3N2O4. The van der Waals surface area contributed by atoms with Crippen molar-refractivity contribution in [3.05, 3.63) is 58.9 Å². The van der Waals surface area contributed by atoms with Gasteiger partial charge in [-0.05, 0) is 35.7 Å². The van der Waals surface area contributed by atoms with Gasteiger partial charge in [-0.15, -0.1) is 0 Å². The van der Waals surface area contributed by atoms with E-state index in [-0.39, 0.29) is 12.1 Å². The van der Waals surface area contributed by atoms with Crippen LogP contribution in [0.4, 0.5) is 18.0 Å². The molecule has 0 atom stereocenters. The number of halogens is 3. The molecule has 0 radical (unpaired) electrons. The molecule has 130 valence electrons. The molecule has 0 unspecified atom stereocenters. The highest BCUT2D eigenvalue weighted by atomic mass is 19.4. The molecule has 9 heteroatoms. The van der Waals surface area contributed by atoms with Gasteiger partial charge in [0.2, 0.25) is 0 Å². The van der Waals surface area contributed by atoms with Crippen molar-refractivity contribution >= 4 is 17.9 Å². The Hall–Kier alpha value is -3.10. The van der Waals surface area contributed by atoms with Gasteiger partial charge < -0.3 is 5.11 Å². The van der Waals surface area contributed by atoms with Gasteiger partial charge in [0.1, 0.15) is 12.2 Å². The second-order valence-corrected chi connectivity index (χ2v) is 5.54. The maximum absolute atomic E-state index is 12.5. The lowest BCUT2D eigenvalue weighted by molar-refractivity contribution is -0.138. The largest absolute Gasteiger partial charge is 0.480 e. The molecule has 0 spiro atoms. The lowest BCUT2D eigenvalue weighted by atomic mass is 10.1. The number of hydrogen-bond acceptors (Lipinski definition) is 3. The Balaban J connectivity index is 1.79. The normalized spacial score (nSPS) is 14.1. The molecule has 2 amide bonds. The number of carbonyl (C=O) groups excluding carboxylic acids is 2. The van der Waals surface area contributed by atoms with E-state index in [1.165, 1.54) is 24.4 Å². The molecule has 0 saturated carbocycles. The van der Waals surface area contributed by atoms with Crippen LogP contribution in [0.15, 0.2) is 36.5 Å². The summed E-state index contributed by atoms with van der Waals surface area (Å²) >= 11 is 0. The van der Waals surface area contributed by atoms with Crippen LogP contribution in [0.3, 0.4) is 0 Å². The average Bonchev–Trinajstić information content (AvgIpc) is 3.02. The van der Waals surface area contributed by atoms with Gasteiger partial charge in [0, 0.05) is 6.20 Å². The first-order chi connectivity index (χ1) is 11.7. The minimum atomic E-state index is -4.41. The number of carboxylic acids is 1. The van der Waals surface area contributed by atoms with Crippen molar-refractivity contribution in [3.8, 4) is 0 Å². The molecule has 0 aliphatic carbocycles. The number of rotatable bonds is 4. The molecule has 0 bridgehead atoms. The summed E-state index contributed by atoms with van der Waals surface area (Å²) in [7, 11) is 0. The Morgan fingerprint density at radius 3 is 2.24 bits per heavy atom. The third-order valence-electron chi connectivity index (χ3n) is 3.76. The highest BCUT2D eigenvalue weighted by molar-refractivity contribution is 6.12. The minimum Gasteiger partial charge on any atom is -0.480 e. The molecule has 1 aliphatic heterocycles. The Kier molecular flexibility index (Phi) is 3.86. The average molecular weight is 352 g/mol. The van der Waals surface area contributed by atoms with Crippen LogP contribution in [0.1, 0.15) is 27.2 Å². The van der Waals surface area contributed by atoms with Crippen LogP contribution < -0.4 is 0 Å². The number of carbonyl (C=O) groups is 3. The quantitative estimate of drug-likeness (QED) is 0.917. The van der Waals surface area contributed by atoms with E-state index in [1.807, 2.05) is 0 Å². The van der Waals surface area contributed by atoms with E-state index in [0.29, 0.717) is 16.0 Å². The molecule has 6 nitrogen and oxygen atoms in total. The number of aromatic nitrogens is 1. The number of imide groups is 1. The van der Waals surface area contributed by atoms with Crippen molar-refractivity contribution in [1.82, 2.24) is 9.47 Å². The molecule has 2 aromatic rings. The number of hydrogen-bond donors (Lipinski definition) is 1. The zero-order valence-corrected chi connectivity index (χ0v) is 12.6. The highest BCUT2D eigenvalue weighted by Gasteiger charge is 2.37. The number of carboxylic acid groups (broad SMARTS) is 1. The van der Waals surface area contributed by atoms with Gasteiger partial charge in [-0.25, -0.2) is 9.69 Å². The molecular weight excluding hydrogens is 341 g/mol. The number of amides is 2. The first kappa shape index (κ1) is 16.7. The van der Waals surface area contributed by atoms with Crippen molar-refractivity contribution in [3.63, 3.8) is 0 Å². The molecule has 3 rings (SSSR count). The topological polar surface area (TPSA) is 79.6 Å². The van der Waals surface area contributed by atoms with Gasteiger partial charge in [0.05, 0.1) is 5.56 Å². The summed E-state index contributed by atoms with van der Waals surface area (Å²) in [6, 6.07) is 5.24. The van der Waals surface area contributed by atoms with Crippen LogP contribution in [-0.2, 0) is 17.4 Å². The van der Waals surface area contributed by atoms with Gasteiger partial charge in [0.25, 0.3) is 5.91 Å². The Bertz CT molecular complexity index is 835. The summed E-state index contributed by atoms with van der Waals surface area (Å²) in [4.78, 5) is 35.4. The van der Waals surface area contributed by atoms with Crippen LogP contribution in [0, 0.1) is 0 Å². The van der Waals surface area contributed by atoms with E-state index >= 15 is 0 Å². The zero-order chi connectivity index (χ0) is 18.4.